The fourth-order valence-corrected chi connectivity index (χ4v) is 1.80. The third-order valence-corrected chi connectivity index (χ3v) is 2.91. The average Bonchev–Trinajstić information content (AvgIpc) is 2.42. The van der Waals surface area contributed by atoms with Crippen LogP contribution < -0.4 is 10.1 Å². The summed E-state index contributed by atoms with van der Waals surface area (Å²) >= 11 is 0. The van der Waals surface area contributed by atoms with Crippen molar-refractivity contribution in [3.63, 3.8) is 0 Å². The Labute approximate surface area is 112 Å². The number of rotatable bonds is 8. The third-order valence-electron chi connectivity index (χ3n) is 2.91. The molecule has 1 rings (SSSR count). The smallest absolute Gasteiger partial charge is 0.270 e. The van der Waals surface area contributed by atoms with Gasteiger partial charge < -0.3 is 15.2 Å². The van der Waals surface area contributed by atoms with Gasteiger partial charge in [-0.25, -0.2) is 0 Å². The largest absolute Gasteiger partial charge is 0.496 e. The van der Waals surface area contributed by atoms with Gasteiger partial charge in [-0.1, -0.05) is 0 Å². The van der Waals surface area contributed by atoms with Crippen LogP contribution in [0.3, 0.4) is 0 Å². The molecule has 0 spiro atoms. The van der Waals surface area contributed by atoms with Crippen LogP contribution in [0.2, 0.25) is 0 Å². The Morgan fingerprint density at radius 3 is 2.84 bits per heavy atom. The summed E-state index contributed by atoms with van der Waals surface area (Å²) in [6, 6.07) is 4.78. The number of aliphatic hydroxyl groups excluding tert-OH is 1. The molecule has 0 aliphatic heterocycles. The van der Waals surface area contributed by atoms with Gasteiger partial charge in [0, 0.05) is 36.9 Å². The minimum Gasteiger partial charge on any atom is -0.496 e. The van der Waals surface area contributed by atoms with Crippen LogP contribution >= 0.6 is 0 Å². The molecule has 0 saturated carbocycles. The second kappa shape index (κ2) is 7.70. The zero-order valence-electron chi connectivity index (χ0n) is 11.3. The Hall–Kier alpha value is -1.66. The molecule has 6 heteroatoms. The van der Waals surface area contributed by atoms with Crippen LogP contribution in [0.4, 0.5) is 5.69 Å². The summed E-state index contributed by atoms with van der Waals surface area (Å²) in [6.45, 7) is 2.68. The highest BCUT2D eigenvalue weighted by Gasteiger charge is 2.12. The highest BCUT2D eigenvalue weighted by atomic mass is 16.6. The molecule has 106 valence electrons. The third kappa shape index (κ3) is 4.84. The number of nitro benzene ring substituents is 1. The molecule has 1 unspecified atom stereocenters. The van der Waals surface area contributed by atoms with E-state index in [9.17, 15) is 10.1 Å². The van der Waals surface area contributed by atoms with E-state index in [-0.39, 0.29) is 18.3 Å². The topological polar surface area (TPSA) is 84.6 Å². The molecule has 0 amide bonds. The predicted octanol–water partition coefficient (Wildman–Crippen LogP) is 1.85. The SMILES string of the molecule is COc1ccc([N+](=O)[O-])cc1CNC(C)CCCO. The number of methoxy groups -OCH3 is 1. The number of benzene rings is 1. The van der Waals surface area contributed by atoms with E-state index in [0.717, 1.165) is 18.4 Å². The summed E-state index contributed by atoms with van der Waals surface area (Å²) in [5, 5.41) is 22.8. The summed E-state index contributed by atoms with van der Waals surface area (Å²) in [6.07, 6.45) is 1.59. The molecular weight excluding hydrogens is 248 g/mol. The van der Waals surface area contributed by atoms with Crippen molar-refractivity contribution in [1.82, 2.24) is 5.32 Å². The Morgan fingerprint density at radius 2 is 2.26 bits per heavy atom. The molecule has 6 nitrogen and oxygen atoms in total. The van der Waals surface area contributed by atoms with E-state index in [1.165, 1.54) is 12.1 Å². The molecule has 0 bridgehead atoms. The standard InChI is InChI=1S/C13H20N2O4/c1-10(4-3-7-16)14-9-11-8-12(15(17)18)5-6-13(11)19-2/h5-6,8,10,14,16H,3-4,7,9H2,1-2H3. The first kappa shape index (κ1) is 15.4. The van der Waals surface area contributed by atoms with E-state index in [0.29, 0.717) is 12.3 Å². The van der Waals surface area contributed by atoms with Gasteiger partial charge in [0.15, 0.2) is 0 Å². The Balaban J connectivity index is 2.69. The molecule has 1 aromatic carbocycles. The minimum absolute atomic E-state index is 0.0561. The second-order valence-electron chi connectivity index (χ2n) is 4.40. The van der Waals surface area contributed by atoms with Crippen molar-refractivity contribution in [2.45, 2.75) is 32.4 Å². The van der Waals surface area contributed by atoms with Crippen LogP contribution in [0, 0.1) is 10.1 Å². The van der Waals surface area contributed by atoms with E-state index in [1.54, 1.807) is 13.2 Å². The molecule has 0 radical (unpaired) electrons. The van der Waals surface area contributed by atoms with Crippen molar-refractivity contribution < 1.29 is 14.8 Å². The van der Waals surface area contributed by atoms with E-state index in [2.05, 4.69) is 5.32 Å². The van der Waals surface area contributed by atoms with Crippen molar-refractivity contribution in [1.29, 1.82) is 0 Å². The normalized spacial score (nSPS) is 12.2. The van der Waals surface area contributed by atoms with Gasteiger partial charge in [0.2, 0.25) is 0 Å². The van der Waals surface area contributed by atoms with Crippen LogP contribution in [0.15, 0.2) is 18.2 Å². The second-order valence-corrected chi connectivity index (χ2v) is 4.40. The van der Waals surface area contributed by atoms with Gasteiger partial charge in [-0.2, -0.15) is 0 Å². The lowest BCUT2D eigenvalue weighted by molar-refractivity contribution is -0.384. The maximum atomic E-state index is 10.7. The highest BCUT2D eigenvalue weighted by molar-refractivity contribution is 5.43. The van der Waals surface area contributed by atoms with Crippen molar-refractivity contribution in [3.05, 3.63) is 33.9 Å². The van der Waals surface area contributed by atoms with Crippen molar-refractivity contribution >= 4 is 5.69 Å². The first-order chi connectivity index (χ1) is 9.08. The van der Waals surface area contributed by atoms with E-state index in [4.69, 9.17) is 9.84 Å². The lowest BCUT2D eigenvalue weighted by Crippen LogP contribution is -2.25. The number of hydrogen-bond donors (Lipinski definition) is 2. The summed E-state index contributed by atoms with van der Waals surface area (Å²) in [4.78, 5) is 10.3. The molecule has 0 aromatic heterocycles. The molecule has 19 heavy (non-hydrogen) atoms. The van der Waals surface area contributed by atoms with Crippen LogP contribution in [-0.2, 0) is 6.54 Å². The number of aliphatic hydroxyl groups is 1. The van der Waals surface area contributed by atoms with E-state index in [1.807, 2.05) is 6.92 Å². The number of nitro groups is 1. The average molecular weight is 268 g/mol. The van der Waals surface area contributed by atoms with Crippen molar-refractivity contribution in [2.24, 2.45) is 0 Å². The summed E-state index contributed by atoms with van der Waals surface area (Å²) in [7, 11) is 1.54. The van der Waals surface area contributed by atoms with Crippen LogP contribution in [0.1, 0.15) is 25.3 Å². The predicted molar refractivity (Wildman–Crippen MR) is 72.3 cm³/mol. The molecule has 0 saturated heterocycles. The number of nitrogens with one attached hydrogen (secondary N) is 1. The van der Waals surface area contributed by atoms with Gasteiger partial charge in [0.05, 0.1) is 12.0 Å². The Bertz CT molecular complexity index is 423. The van der Waals surface area contributed by atoms with Gasteiger partial charge in [-0.3, -0.25) is 10.1 Å². The molecule has 2 N–H and O–H groups in total. The zero-order chi connectivity index (χ0) is 14.3. The monoisotopic (exact) mass is 268 g/mol. The molecule has 0 fully saturated rings. The Morgan fingerprint density at radius 1 is 1.53 bits per heavy atom. The quantitative estimate of drug-likeness (QED) is 0.555. The minimum atomic E-state index is -0.419. The summed E-state index contributed by atoms with van der Waals surface area (Å²) in [5.74, 6) is 0.632. The van der Waals surface area contributed by atoms with Crippen molar-refractivity contribution in [3.8, 4) is 5.75 Å². The molecular formula is C13H20N2O4. The lowest BCUT2D eigenvalue weighted by Gasteiger charge is -2.14. The molecule has 1 aromatic rings. The van der Waals surface area contributed by atoms with Crippen LogP contribution in [0.25, 0.3) is 0 Å². The maximum absolute atomic E-state index is 10.7. The fraction of sp³-hybridized carbons (Fsp3) is 0.538. The van der Waals surface area contributed by atoms with Crippen molar-refractivity contribution in [2.75, 3.05) is 13.7 Å². The zero-order valence-corrected chi connectivity index (χ0v) is 11.3. The van der Waals surface area contributed by atoms with E-state index < -0.39 is 4.92 Å². The van der Waals surface area contributed by atoms with E-state index >= 15 is 0 Å². The number of hydrogen-bond acceptors (Lipinski definition) is 5. The molecule has 1 atom stereocenters. The van der Waals surface area contributed by atoms with Crippen LogP contribution in [-0.4, -0.2) is 29.8 Å². The number of nitrogens with zero attached hydrogens (tertiary/aromatic N) is 1. The molecule has 0 aliphatic carbocycles. The summed E-state index contributed by atoms with van der Waals surface area (Å²) in [5.41, 5.74) is 0.813. The first-order valence-corrected chi connectivity index (χ1v) is 6.24. The molecule has 0 aliphatic rings. The number of ether oxygens (including phenoxy) is 1. The van der Waals surface area contributed by atoms with Gasteiger partial charge >= 0.3 is 0 Å². The fourth-order valence-electron chi connectivity index (χ4n) is 1.80. The number of non-ortho nitro benzene ring substituents is 1. The van der Waals surface area contributed by atoms with Gasteiger partial charge in [0.25, 0.3) is 5.69 Å². The molecule has 0 heterocycles. The Kier molecular flexibility index (Phi) is 6.24. The summed E-state index contributed by atoms with van der Waals surface area (Å²) < 4.78 is 5.19. The van der Waals surface area contributed by atoms with Crippen LogP contribution in [0.5, 0.6) is 5.75 Å². The first-order valence-electron chi connectivity index (χ1n) is 6.24. The van der Waals surface area contributed by atoms with Gasteiger partial charge in [-0.15, -0.1) is 0 Å². The lowest BCUT2D eigenvalue weighted by atomic mass is 10.1. The highest BCUT2D eigenvalue weighted by Crippen LogP contribution is 2.23. The van der Waals surface area contributed by atoms with Gasteiger partial charge in [0.1, 0.15) is 5.75 Å². The maximum Gasteiger partial charge on any atom is 0.270 e. The van der Waals surface area contributed by atoms with Gasteiger partial charge in [-0.05, 0) is 25.8 Å².